The van der Waals surface area contributed by atoms with E-state index >= 15 is 0 Å². The van der Waals surface area contributed by atoms with E-state index in [0.717, 1.165) is 0 Å². The summed E-state index contributed by atoms with van der Waals surface area (Å²) in [6, 6.07) is 3.93. The van der Waals surface area contributed by atoms with Crippen molar-refractivity contribution in [1.82, 2.24) is 4.98 Å². The maximum absolute atomic E-state index is 13.0. The van der Waals surface area contributed by atoms with E-state index in [4.69, 9.17) is 17.3 Å². The van der Waals surface area contributed by atoms with E-state index < -0.39 is 11.7 Å². The predicted molar refractivity (Wildman–Crippen MR) is 80.2 cm³/mol. The Bertz CT molecular complexity index is 659. The van der Waals surface area contributed by atoms with Crippen molar-refractivity contribution in [2.45, 2.75) is 0 Å². The molecule has 3 N–H and O–H groups in total. The summed E-state index contributed by atoms with van der Waals surface area (Å²) in [7, 11) is 3.61. The van der Waals surface area contributed by atoms with Crippen LogP contribution in [0.25, 0.3) is 0 Å². The molecule has 2 rings (SSSR count). The number of carbonyl (C=O) groups excluding carboxylic acids is 1. The standard InChI is InChI=1S/C12H12ClFN4OS/c1-18(2)12-17-10(15)9(20-12)11(19)16-6-3-4-8(14)7(13)5-6/h3-5H,15H2,1-2H3,(H,16,19). The van der Waals surface area contributed by atoms with Gasteiger partial charge < -0.3 is 16.0 Å². The summed E-state index contributed by atoms with van der Waals surface area (Å²) in [5, 5.41) is 3.17. The molecule has 1 heterocycles. The van der Waals surface area contributed by atoms with Crippen LogP contribution in [0.5, 0.6) is 0 Å². The van der Waals surface area contributed by atoms with Crippen LogP contribution in [0.4, 0.5) is 21.0 Å². The first-order chi connectivity index (χ1) is 9.38. The van der Waals surface area contributed by atoms with Gasteiger partial charge in [0.1, 0.15) is 16.5 Å². The lowest BCUT2D eigenvalue weighted by Gasteiger charge is -2.05. The summed E-state index contributed by atoms with van der Waals surface area (Å²) in [6.07, 6.45) is 0. The number of amides is 1. The van der Waals surface area contributed by atoms with Crippen LogP contribution in [0.3, 0.4) is 0 Å². The first-order valence-corrected chi connectivity index (χ1v) is 6.78. The highest BCUT2D eigenvalue weighted by atomic mass is 35.5. The minimum absolute atomic E-state index is 0.0611. The lowest BCUT2D eigenvalue weighted by Crippen LogP contribution is -2.12. The molecule has 0 saturated carbocycles. The molecule has 5 nitrogen and oxygen atoms in total. The molecule has 1 amide bonds. The van der Waals surface area contributed by atoms with E-state index in [9.17, 15) is 9.18 Å². The summed E-state index contributed by atoms with van der Waals surface area (Å²) in [4.78, 5) is 18.2. The Morgan fingerprint density at radius 3 is 2.75 bits per heavy atom. The third-order valence-corrected chi connectivity index (χ3v) is 3.94. The van der Waals surface area contributed by atoms with Crippen LogP contribution in [0.2, 0.25) is 5.02 Å². The number of nitrogen functional groups attached to an aromatic ring is 1. The number of nitrogens with one attached hydrogen (secondary N) is 1. The molecule has 0 unspecified atom stereocenters. The number of aromatic nitrogens is 1. The van der Waals surface area contributed by atoms with E-state index in [1.54, 1.807) is 19.0 Å². The normalized spacial score (nSPS) is 10.4. The molecule has 0 radical (unpaired) electrons. The van der Waals surface area contributed by atoms with Gasteiger partial charge in [-0.1, -0.05) is 22.9 Å². The van der Waals surface area contributed by atoms with Gasteiger partial charge in [-0.2, -0.15) is 0 Å². The summed E-state index contributed by atoms with van der Waals surface area (Å²) in [5.41, 5.74) is 6.10. The van der Waals surface area contributed by atoms with Crippen molar-refractivity contribution in [2.75, 3.05) is 30.0 Å². The monoisotopic (exact) mass is 314 g/mol. The molecule has 1 aromatic heterocycles. The van der Waals surface area contributed by atoms with Gasteiger partial charge in [0.2, 0.25) is 0 Å². The number of carbonyl (C=O) groups is 1. The summed E-state index contributed by atoms with van der Waals surface area (Å²) in [5.74, 6) is -0.794. The molecule has 0 spiro atoms. The van der Waals surface area contributed by atoms with Gasteiger partial charge in [-0.05, 0) is 18.2 Å². The Balaban J connectivity index is 2.21. The van der Waals surface area contributed by atoms with Crippen molar-refractivity contribution in [3.63, 3.8) is 0 Å². The van der Waals surface area contributed by atoms with E-state index in [1.165, 1.54) is 29.5 Å². The fourth-order valence-corrected chi connectivity index (χ4v) is 2.42. The van der Waals surface area contributed by atoms with Gasteiger partial charge in [0, 0.05) is 19.8 Å². The second-order valence-electron chi connectivity index (χ2n) is 4.19. The lowest BCUT2D eigenvalue weighted by molar-refractivity contribution is 0.103. The van der Waals surface area contributed by atoms with Crippen molar-refractivity contribution in [3.8, 4) is 0 Å². The van der Waals surface area contributed by atoms with Crippen molar-refractivity contribution < 1.29 is 9.18 Å². The van der Waals surface area contributed by atoms with Gasteiger partial charge in [0.25, 0.3) is 5.91 Å². The molecule has 0 aliphatic rings. The number of anilines is 3. The average Bonchev–Trinajstić information content (AvgIpc) is 2.76. The van der Waals surface area contributed by atoms with Gasteiger partial charge in [0.15, 0.2) is 5.13 Å². The predicted octanol–water partition coefficient (Wildman–Crippen LogP) is 2.84. The Morgan fingerprint density at radius 1 is 1.50 bits per heavy atom. The van der Waals surface area contributed by atoms with Crippen LogP contribution in [0.1, 0.15) is 9.67 Å². The minimum atomic E-state index is -0.545. The van der Waals surface area contributed by atoms with E-state index in [2.05, 4.69) is 10.3 Å². The molecule has 106 valence electrons. The molecular weight excluding hydrogens is 303 g/mol. The Hall–Kier alpha value is -1.86. The molecule has 0 bridgehead atoms. The lowest BCUT2D eigenvalue weighted by atomic mass is 10.3. The fourth-order valence-electron chi connectivity index (χ4n) is 1.44. The third kappa shape index (κ3) is 3.00. The molecular formula is C12H12ClFN4OS. The number of thiazole rings is 1. The quantitative estimate of drug-likeness (QED) is 0.914. The van der Waals surface area contributed by atoms with Crippen LogP contribution in [-0.2, 0) is 0 Å². The van der Waals surface area contributed by atoms with E-state index in [-0.39, 0.29) is 10.8 Å². The Kier molecular flexibility index (Phi) is 4.10. The molecule has 0 aliphatic carbocycles. The Labute approximate surface area is 124 Å². The van der Waals surface area contributed by atoms with Crippen LogP contribution in [0, 0.1) is 5.82 Å². The smallest absolute Gasteiger partial charge is 0.269 e. The zero-order valence-electron chi connectivity index (χ0n) is 10.8. The topological polar surface area (TPSA) is 71.2 Å². The SMILES string of the molecule is CN(C)c1nc(N)c(C(=O)Nc2ccc(F)c(Cl)c2)s1. The van der Waals surface area contributed by atoms with Crippen molar-refractivity contribution in [2.24, 2.45) is 0 Å². The van der Waals surface area contributed by atoms with Gasteiger partial charge in [0.05, 0.1) is 5.02 Å². The fraction of sp³-hybridized carbons (Fsp3) is 0.167. The second kappa shape index (κ2) is 5.64. The zero-order chi connectivity index (χ0) is 14.9. The first-order valence-electron chi connectivity index (χ1n) is 5.58. The maximum atomic E-state index is 13.0. The zero-order valence-corrected chi connectivity index (χ0v) is 12.3. The molecule has 0 aliphatic heterocycles. The number of nitrogens with zero attached hydrogens (tertiary/aromatic N) is 2. The minimum Gasteiger partial charge on any atom is -0.382 e. The number of nitrogens with two attached hydrogens (primary N) is 1. The molecule has 8 heteroatoms. The number of halogens is 2. The second-order valence-corrected chi connectivity index (χ2v) is 5.57. The molecule has 2 aromatic rings. The Morgan fingerprint density at radius 2 is 2.20 bits per heavy atom. The van der Waals surface area contributed by atoms with Gasteiger partial charge >= 0.3 is 0 Å². The maximum Gasteiger partial charge on any atom is 0.269 e. The summed E-state index contributed by atoms with van der Waals surface area (Å²) < 4.78 is 13.0. The highest BCUT2D eigenvalue weighted by Gasteiger charge is 2.17. The van der Waals surface area contributed by atoms with E-state index in [0.29, 0.717) is 15.7 Å². The molecule has 20 heavy (non-hydrogen) atoms. The average molecular weight is 315 g/mol. The molecule has 1 aromatic carbocycles. The first kappa shape index (κ1) is 14.5. The number of hydrogen-bond acceptors (Lipinski definition) is 5. The van der Waals surface area contributed by atoms with Crippen LogP contribution < -0.4 is 16.0 Å². The van der Waals surface area contributed by atoms with Crippen molar-refractivity contribution >= 4 is 45.5 Å². The van der Waals surface area contributed by atoms with Crippen LogP contribution in [-0.4, -0.2) is 25.0 Å². The van der Waals surface area contributed by atoms with Crippen molar-refractivity contribution in [3.05, 3.63) is 33.9 Å². The van der Waals surface area contributed by atoms with Gasteiger partial charge in [-0.15, -0.1) is 0 Å². The largest absolute Gasteiger partial charge is 0.382 e. The highest BCUT2D eigenvalue weighted by molar-refractivity contribution is 7.18. The molecule has 0 atom stereocenters. The summed E-state index contributed by atoms with van der Waals surface area (Å²) >= 11 is 6.83. The van der Waals surface area contributed by atoms with Gasteiger partial charge in [-0.3, -0.25) is 4.79 Å². The van der Waals surface area contributed by atoms with Gasteiger partial charge in [-0.25, -0.2) is 9.37 Å². The molecule has 0 fully saturated rings. The highest BCUT2D eigenvalue weighted by Crippen LogP contribution is 2.28. The molecule has 0 saturated heterocycles. The van der Waals surface area contributed by atoms with Crippen molar-refractivity contribution in [1.29, 1.82) is 0 Å². The number of rotatable bonds is 3. The van der Waals surface area contributed by atoms with Crippen LogP contribution in [0.15, 0.2) is 18.2 Å². The summed E-state index contributed by atoms with van der Waals surface area (Å²) in [6.45, 7) is 0. The third-order valence-electron chi connectivity index (χ3n) is 2.41. The number of benzene rings is 1. The van der Waals surface area contributed by atoms with E-state index in [1.807, 2.05) is 0 Å². The van der Waals surface area contributed by atoms with Crippen LogP contribution >= 0.6 is 22.9 Å². The number of hydrogen-bond donors (Lipinski definition) is 2.